The predicted molar refractivity (Wildman–Crippen MR) is 142 cm³/mol. The fourth-order valence-corrected chi connectivity index (χ4v) is 5.25. The number of hydrogen-bond donors (Lipinski definition) is 4. The molecule has 1 atom stereocenters. The van der Waals surface area contributed by atoms with Gasteiger partial charge in [0.1, 0.15) is 18.3 Å². The zero-order chi connectivity index (χ0) is 29.0. The summed E-state index contributed by atoms with van der Waals surface area (Å²) in [6.45, 7) is 3.46. The van der Waals surface area contributed by atoms with Crippen molar-refractivity contribution in [2.24, 2.45) is 5.92 Å². The van der Waals surface area contributed by atoms with Crippen LogP contribution in [-0.2, 0) is 25.7 Å². The van der Waals surface area contributed by atoms with Gasteiger partial charge in [-0.1, -0.05) is 13.8 Å². The number of carbonyl (C=O) groups is 5. The van der Waals surface area contributed by atoms with Crippen molar-refractivity contribution in [1.29, 1.82) is 0 Å². The quantitative estimate of drug-likeness (QED) is 0.279. The molecule has 0 saturated heterocycles. The summed E-state index contributed by atoms with van der Waals surface area (Å²) >= 11 is 0. The van der Waals surface area contributed by atoms with Gasteiger partial charge >= 0.3 is 0 Å². The van der Waals surface area contributed by atoms with Gasteiger partial charge in [-0.05, 0) is 50.2 Å². The third-order valence-electron chi connectivity index (χ3n) is 7.39. The summed E-state index contributed by atoms with van der Waals surface area (Å²) in [5.41, 5.74) is -0.875. The first kappa shape index (κ1) is 28.7. The number of likely N-dealkylation sites (N-methyl/N-ethyl adjacent to an activating group) is 1. The Morgan fingerprint density at radius 2 is 1.95 bits per heavy atom. The molecular formula is C27H34N6O7. The van der Waals surface area contributed by atoms with Crippen LogP contribution in [0.3, 0.4) is 0 Å². The molecule has 0 aliphatic heterocycles. The SMILES string of the molecule is CNC(=O)C(=O)CC[C@H](NC(=O)c1cnc(C(C)C)o1)C(=O)Nc1cccn(CC(=O)NC23CCC(C2)C3)c1=O. The molecule has 5 rings (SSSR count). The number of oxazole rings is 1. The molecule has 2 aromatic heterocycles. The molecule has 2 heterocycles. The Balaban J connectivity index is 1.45. The smallest absolute Gasteiger partial charge is 0.289 e. The van der Waals surface area contributed by atoms with E-state index in [1.54, 1.807) is 0 Å². The normalized spacial score (nSPS) is 19.9. The van der Waals surface area contributed by atoms with Crippen molar-refractivity contribution < 1.29 is 28.4 Å². The number of rotatable bonds is 12. The minimum Gasteiger partial charge on any atom is -0.435 e. The van der Waals surface area contributed by atoms with Crippen molar-refractivity contribution in [1.82, 2.24) is 25.5 Å². The number of aromatic nitrogens is 2. The van der Waals surface area contributed by atoms with Crippen LogP contribution in [-0.4, -0.2) is 57.6 Å². The number of anilines is 1. The van der Waals surface area contributed by atoms with Gasteiger partial charge in [-0.15, -0.1) is 0 Å². The van der Waals surface area contributed by atoms with Crippen LogP contribution in [0, 0.1) is 5.92 Å². The number of hydrogen-bond acceptors (Lipinski definition) is 8. The van der Waals surface area contributed by atoms with Gasteiger partial charge in [0.2, 0.25) is 23.4 Å². The minimum absolute atomic E-state index is 0.0726. The van der Waals surface area contributed by atoms with E-state index < -0.39 is 35.1 Å². The maximum Gasteiger partial charge on any atom is 0.289 e. The summed E-state index contributed by atoms with van der Waals surface area (Å²) in [5, 5.41) is 10.2. The lowest BCUT2D eigenvalue weighted by Gasteiger charge is -2.39. The van der Waals surface area contributed by atoms with Crippen LogP contribution < -0.4 is 26.8 Å². The third-order valence-corrected chi connectivity index (χ3v) is 7.39. The molecule has 13 heteroatoms. The second-order valence-electron chi connectivity index (χ2n) is 10.8. The molecule has 3 aliphatic rings. The Labute approximate surface area is 230 Å². The second-order valence-corrected chi connectivity index (χ2v) is 10.8. The topological polar surface area (TPSA) is 182 Å². The molecule has 0 spiro atoms. The van der Waals surface area contributed by atoms with Crippen molar-refractivity contribution in [3.8, 4) is 0 Å². The number of Topliss-reactive ketones (excluding diaryl/α,β-unsaturated/α-hetero) is 1. The first-order chi connectivity index (χ1) is 19.0. The minimum atomic E-state index is -1.29. The summed E-state index contributed by atoms with van der Waals surface area (Å²) in [6.07, 6.45) is 6.09. The van der Waals surface area contributed by atoms with Crippen LogP contribution in [0.25, 0.3) is 0 Å². The highest BCUT2D eigenvalue weighted by Crippen LogP contribution is 2.51. The molecule has 0 unspecified atom stereocenters. The number of fused-ring (bicyclic) bond motifs is 1. The van der Waals surface area contributed by atoms with E-state index in [1.807, 2.05) is 13.8 Å². The second kappa shape index (κ2) is 11.8. The first-order valence-corrected chi connectivity index (χ1v) is 13.3. The van der Waals surface area contributed by atoms with Crippen molar-refractivity contribution in [2.75, 3.05) is 12.4 Å². The first-order valence-electron chi connectivity index (χ1n) is 13.3. The molecule has 0 radical (unpaired) electrons. The molecule has 3 aliphatic carbocycles. The number of ketones is 1. The lowest BCUT2D eigenvalue weighted by Crippen LogP contribution is -2.53. The molecule has 0 aromatic carbocycles. The molecule has 4 amide bonds. The number of carbonyl (C=O) groups excluding carboxylic acids is 5. The predicted octanol–water partition coefficient (Wildman–Crippen LogP) is 0.851. The number of pyridine rings is 1. The standard InChI is InChI=1S/C27H34N6O7/c1-15(2)25-29-13-20(40-25)24(38)30-17(6-7-19(34)23(37)28-3)22(36)31-18-5-4-10-33(26(18)39)14-21(35)32-27-9-8-16(11-27)12-27/h4-5,10,13,15-17H,6-9,11-12,14H2,1-3H3,(H,28,37)(H,30,38)(H,31,36)(H,32,35)/t16?,17-,27?/m0/s1. The van der Waals surface area contributed by atoms with Crippen LogP contribution >= 0.6 is 0 Å². The van der Waals surface area contributed by atoms with Crippen molar-refractivity contribution in [3.05, 3.63) is 46.5 Å². The maximum absolute atomic E-state index is 13.2. The number of nitrogens with zero attached hydrogens (tertiary/aromatic N) is 2. The molecule has 13 nitrogen and oxygen atoms in total. The lowest BCUT2D eigenvalue weighted by molar-refractivity contribution is -0.137. The van der Waals surface area contributed by atoms with E-state index in [-0.39, 0.29) is 48.2 Å². The average molecular weight is 555 g/mol. The fourth-order valence-electron chi connectivity index (χ4n) is 5.25. The van der Waals surface area contributed by atoms with Crippen LogP contribution in [0.1, 0.15) is 74.7 Å². The summed E-state index contributed by atoms with van der Waals surface area (Å²) in [4.78, 5) is 79.4. The molecule has 2 aromatic rings. The highest BCUT2D eigenvalue weighted by molar-refractivity contribution is 6.36. The van der Waals surface area contributed by atoms with Gasteiger partial charge in [-0.3, -0.25) is 28.8 Å². The fraction of sp³-hybridized carbons (Fsp3) is 0.519. The monoisotopic (exact) mass is 554 g/mol. The van der Waals surface area contributed by atoms with Crippen LogP contribution in [0.5, 0.6) is 0 Å². The number of nitrogens with one attached hydrogen (secondary N) is 4. The highest BCUT2D eigenvalue weighted by Gasteiger charge is 2.50. The number of amides is 4. The van der Waals surface area contributed by atoms with E-state index in [1.165, 1.54) is 36.1 Å². The average Bonchev–Trinajstić information content (AvgIpc) is 3.64. The van der Waals surface area contributed by atoms with E-state index in [0.717, 1.165) is 25.7 Å². The van der Waals surface area contributed by atoms with Crippen LogP contribution in [0.15, 0.2) is 33.7 Å². The Morgan fingerprint density at radius 3 is 2.58 bits per heavy atom. The van der Waals surface area contributed by atoms with Crippen molar-refractivity contribution in [2.45, 2.75) is 76.4 Å². The molecule has 4 N–H and O–H groups in total. The van der Waals surface area contributed by atoms with Gasteiger partial charge in [0.15, 0.2) is 5.89 Å². The largest absolute Gasteiger partial charge is 0.435 e. The Kier molecular flexibility index (Phi) is 8.50. The van der Waals surface area contributed by atoms with E-state index in [0.29, 0.717) is 11.8 Å². The van der Waals surface area contributed by atoms with Crippen molar-refractivity contribution in [3.63, 3.8) is 0 Å². The van der Waals surface area contributed by atoms with Gasteiger partial charge in [-0.25, -0.2) is 4.98 Å². The summed E-state index contributed by atoms with van der Waals surface area (Å²) < 4.78 is 6.63. The van der Waals surface area contributed by atoms with E-state index >= 15 is 0 Å². The summed E-state index contributed by atoms with van der Waals surface area (Å²) in [5.74, 6) is -2.63. The zero-order valence-corrected chi connectivity index (χ0v) is 22.7. The lowest BCUT2D eigenvalue weighted by atomic mass is 9.77. The summed E-state index contributed by atoms with van der Waals surface area (Å²) in [6, 6.07) is 1.60. The van der Waals surface area contributed by atoms with Crippen LogP contribution in [0.4, 0.5) is 5.69 Å². The molecular weight excluding hydrogens is 520 g/mol. The van der Waals surface area contributed by atoms with E-state index in [2.05, 4.69) is 26.3 Å². The van der Waals surface area contributed by atoms with Gasteiger partial charge in [-0.2, -0.15) is 0 Å². The van der Waals surface area contributed by atoms with E-state index in [4.69, 9.17) is 4.42 Å². The van der Waals surface area contributed by atoms with Crippen molar-refractivity contribution >= 4 is 35.1 Å². The Bertz CT molecular complexity index is 1370. The molecule has 40 heavy (non-hydrogen) atoms. The molecule has 2 bridgehead atoms. The van der Waals surface area contributed by atoms with Gasteiger partial charge in [0.25, 0.3) is 17.4 Å². The van der Waals surface area contributed by atoms with Gasteiger partial charge in [0, 0.05) is 31.1 Å². The summed E-state index contributed by atoms with van der Waals surface area (Å²) in [7, 11) is 1.31. The highest BCUT2D eigenvalue weighted by atomic mass is 16.4. The molecule has 3 fully saturated rings. The zero-order valence-electron chi connectivity index (χ0n) is 22.7. The Hall–Kier alpha value is -4.29. The van der Waals surface area contributed by atoms with Gasteiger partial charge < -0.3 is 30.3 Å². The molecule has 214 valence electrons. The molecule has 3 saturated carbocycles. The van der Waals surface area contributed by atoms with Crippen LogP contribution in [0.2, 0.25) is 0 Å². The van der Waals surface area contributed by atoms with E-state index in [9.17, 15) is 28.8 Å². The van der Waals surface area contributed by atoms with Gasteiger partial charge in [0.05, 0.1) is 6.20 Å². The maximum atomic E-state index is 13.2. The third kappa shape index (κ3) is 6.46. The Morgan fingerprint density at radius 1 is 1.20 bits per heavy atom.